The molecule has 5 rings (SSSR count). The second-order valence-corrected chi connectivity index (χ2v) is 9.04. The summed E-state index contributed by atoms with van der Waals surface area (Å²) in [5.41, 5.74) is 5.40. The maximum absolute atomic E-state index is 5.51. The van der Waals surface area contributed by atoms with Gasteiger partial charge in [0.1, 0.15) is 0 Å². The third-order valence-corrected chi connectivity index (χ3v) is 6.72. The number of hydrogen-bond acceptors (Lipinski definition) is 5. The molecule has 186 valence electrons. The highest BCUT2D eigenvalue weighted by atomic mass is 16.5. The second kappa shape index (κ2) is 11.7. The number of fused-ring (bicyclic) bond motifs is 1. The summed E-state index contributed by atoms with van der Waals surface area (Å²) in [7, 11) is 2.18. The lowest BCUT2D eigenvalue weighted by Crippen LogP contribution is -2.48. The van der Waals surface area contributed by atoms with Crippen LogP contribution in [0.15, 0.2) is 102 Å². The van der Waals surface area contributed by atoms with Crippen molar-refractivity contribution in [1.82, 2.24) is 15.0 Å². The zero-order valence-corrected chi connectivity index (χ0v) is 20.8. The first-order valence-corrected chi connectivity index (χ1v) is 12.2. The summed E-state index contributed by atoms with van der Waals surface area (Å²) in [5.74, 6) is 0.964. The molecule has 0 spiro atoms. The molecule has 0 amide bonds. The predicted octanol–water partition coefficient (Wildman–Crippen LogP) is 4.81. The van der Waals surface area contributed by atoms with E-state index in [1.54, 1.807) is 0 Å². The molecule has 6 heteroatoms. The highest BCUT2D eigenvalue weighted by Crippen LogP contribution is 2.27. The first-order chi connectivity index (χ1) is 17.2. The van der Waals surface area contributed by atoms with Gasteiger partial charge in [-0.2, -0.15) is 0 Å². The van der Waals surface area contributed by atoms with E-state index in [2.05, 4.69) is 100 Å². The summed E-state index contributed by atoms with van der Waals surface area (Å²) in [6, 6.07) is 29.0. The highest BCUT2D eigenvalue weighted by molar-refractivity contribution is 5.88. The highest BCUT2D eigenvalue weighted by Gasteiger charge is 2.22. The van der Waals surface area contributed by atoms with Crippen molar-refractivity contribution in [3.05, 3.63) is 109 Å². The molecular formula is C30H34N4O2. The SMILES string of the molecule is C=C(/C=C(/c1ccccc1)N(C)CCN1CCN(c2noc3ccccc23)CC1)c1ccccc1.O. The molecule has 0 unspecified atom stereocenters. The first-order valence-electron chi connectivity index (χ1n) is 12.2. The molecule has 1 aliphatic rings. The number of benzene rings is 3. The Morgan fingerprint density at radius 3 is 2.19 bits per heavy atom. The van der Waals surface area contributed by atoms with Crippen LogP contribution in [0.2, 0.25) is 0 Å². The third kappa shape index (κ3) is 5.67. The molecule has 2 heterocycles. The number of nitrogens with zero attached hydrogens (tertiary/aromatic N) is 4. The lowest BCUT2D eigenvalue weighted by molar-refractivity contribution is 0.238. The van der Waals surface area contributed by atoms with Crippen LogP contribution >= 0.6 is 0 Å². The monoisotopic (exact) mass is 482 g/mol. The van der Waals surface area contributed by atoms with Gasteiger partial charge in [0, 0.05) is 52.0 Å². The Balaban J connectivity index is 0.00000304. The quantitative estimate of drug-likeness (QED) is 0.337. The van der Waals surface area contributed by atoms with Crippen LogP contribution in [0.25, 0.3) is 22.2 Å². The van der Waals surface area contributed by atoms with E-state index in [-0.39, 0.29) is 5.48 Å². The Hall–Kier alpha value is -3.87. The van der Waals surface area contributed by atoms with Gasteiger partial charge in [-0.05, 0) is 34.9 Å². The molecule has 1 aliphatic heterocycles. The predicted molar refractivity (Wildman–Crippen MR) is 149 cm³/mol. The molecule has 3 aromatic carbocycles. The number of piperazine rings is 1. The summed E-state index contributed by atoms with van der Waals surface area (Å²) >= 11 is 0. The summed E-state index contributed by atoms with van der Waals surface area (Å²) < 4.78 is 5.51. The molecule has 0 bridgehead atoms. The van der Waals surface area contributed by atoms with E-state index in [9.17, 15) is 0 Å². The number of aromatic nitrogens is 1. The van der Waals surface area contributed by atoms with Crippen LogP contribution in [0.4, 0.5) is 5.82 Å². The van der Waals surface area contributed by atoms with Crippen molar-refractivity contribution in [2.75, 3.05) is 51.2 Å². The van der Waals surface area contributed by atoms with E-state index in [1.807, 2.05) is 24.3 Å². The van der Waals surface area contributed by atoms with Gasteiger partial charge in [0.25, 0.3) is 0 Å². The van der Waals surface area contributed by atoms with Crippen molar-refractivity contribution >= 4 is 28.1 Å². The van der Waals surface area contributed by atoms with Crippen molar-refractivity contribution in [1.29, 1.82) is 0 Å². The molecule has 0 atom stereocenters. The topological polar surface area (TPSA) is 67.2 Å². The molecule has 6 nitrogen and oxygen atoms in total. The minimum absolute atomic E-state index is 0. The molecule has 1 fully saturated rings. The molecule has 36 heavy (non-hydrogen) atoms. The smallest absolute Gasteiger partial charge is 0.180 e. The van der Waals surface area contributed by atoms with Gasteiger partial charge in [-0.3, -0.25) is 4.90 Å². The van der Waals surface area contributed by atoms with Gasteiger partial charge in [-0.15, -0.1) is 0 Å². The first kappa shape index (κ1) is 25.2. The fourth-order valence-corrected chi connectivity index (χ4v) is 4.62. The lowest BCUT2D eigenvalue weighted by atomic mass is 10.0. The van der Waals surface area contributed by atoms with Crippen LogP contribution in [0.1, 0.15) is 11.1 Å². The van der Waals surface area contributed by atoms with Crippen LogP contribution in [-0.2, 0) is 0 Å². The minimum Gasteiger partial charge on any atom is -0.412 e. The van der Waals surface area contributed by atoms with Crippen LogP contribution in [0, 0.1) is 0 Å². The second-order valence-electron chi connectivity index (χ2n) is 9.04. The van der Waals surface area contributed by atoms with E-state index in [0.29, 0.717) is 0 Å². The Labute approximate surface area is 213 Å². The van der Waals surface area contributed by atoms with E-state index >= 15 is 0 Å². The van der Waals surface area contributed by atoms with E-state index in [0.717, 1.165) is 67.2 Å². The summed E-state index contributed by atoms with van der Waals surface area (Å²) in [4.78, 5) is 7.22. The summed E-state index contributed by atoms with van der Waals surface area (Å²) in [6.45, 7) is 10.2. The molecule has 0 saturated carbocycles. The van der Waals surface area contributed by atoms with Gasteiger partial charge in [0.05, 0.1) is 5.39 Å². The van der Waals surface area contributed by atoms with Crippen LogP contribution in [0.5, 0.6) is 0 Å². The Morgan fingerprint density at radius 2 is 1.50 bits per heavy atom. The van der Waals surface area contributed by atoms with Crippen molar-refractivity contribution in [2.24, 2.45) is 0 Å². The molecule has 1 saturated heterocycles. The molecule has 0 aliphatic carbocycles. The standard InChI is InChI=1S/C30H32N4O.H2O/c1-24(25-11-5-3-6-12-25)23-28(26-13-7-4-8-14-26)32(2)17-18-33-19-21-34(22-20-33)30-27-15-9-10-16-29(27)35-31-30;/h3-16,23H,1,17-22H2,2H3;1H2/b28-23-;. The van der Waals surface area contributed by atoms with Crippen LogP contribution < -0.4 is 4.90 Å². The van der Waals surface area contributed by atoms with Gasteiger partial charge >= 0.3 is 0 Å². The van der Waals surface area contributed by atoms with E-state index in [4.69, 9.17) is 4.52 Å². The van der Waals surface area contributed by atoms with Crippen LogP contribution in [0.3, 0.4) is 0 Å². The number of allylic oxidation sites excluding steroid dienone is 2. The maximum Gasteiger partial charge on any atom is 0.180 e. The normalized spacial score (nSPS) is 14.5. The number of likely N-dealkylation sites (N-methyl/N-ethyl adjacent to an activating group) is 1. The van der Waals surface area contributed by atoms with E-state index < -0.39 is 0 Å². The average molecular weight is 483 g/mol. The third-order valence-electron chi connectivity index (χ3n) is 6.72. The molecule has 0 radical (unpaired) electrons. The minimum atomic E-state index is 0. The summed E-state index contributed by atoms with van der Waals surface area (Å²) in [5, 5.41) is 5.43. The van der Waals surface area contributed by atoms with Crippen molar-refractivity contribution in [3.63, 3.8) is 0 Å². The Bertz CT molecular complexity index is 1290. The van der Waals surface area contributed by atoms with Gasteiger partial charge in [0.2, 0.25) is 0 Å². The van der Waals surface area contributed by atoms with Crippen LogP contribution in [-0.4, -0.2) is 66.7 Å². The largest absolute Gasteiger partial charge is 0.412 e. The zero-order valence-electron chi connectivity index (χ0n) is 20.8. The molecular weight excluding hydrogens is 448 g/mol. The maximum atomic E-state index is 5.51. The fourth-order valence-electron chi connectivity index (χ4n) is 4.62. The molecule has 1 aromatic heterocycles. The fraction of sp³-hybridized carbons (Fsp3) is 0.233. The van der Waals surface area contributed by atoms with Gasteiger partial charge in [-0.1, -0.05) is 84.5 Å². The summed E-state index contributed by atoms with van der Waals surface area (Å²) in [6.07, 6.45) is 2.21. The number of hydrogen-bond donors (Lipinski definition) is 0. The molecule has 4 aromatic rings. The van der Waals surface area contributed by atoms with Crippen molar-refractivity contribution < 1.29 is 10.00 Å². The van der Waals surface area contributed by atoms with Crippen molar-refractivity contribution in [3.8, 4) is 0 Å². The van der Waals surface area contributed by atoms with Crippen molar-refractivity contribution in [2.45, 2.75) is 0 Å². The Kier molecular flexibility index (Phi) is 8.21. The van der Waals surface area contributed by atoms with Gasteiger partial charge in [0.15, 0.2) is 11.4 Å². The average Bonchev–Trinajstić information content (AvgIpc) is 3.36. The zero-order chi connectivity index (χ0) is 24.0. The number of anilines is 1. The molecule has 2 N–H and O–H groups in total. The van der Waals surface area contributed by atoms with Gasteiger partial charge < -0.3 is 19.8 Å². The van der Waals surface area contributed by atoms with E-state index in [1.165, 1.54) is 11.3 Å². The lowest BCUT2D eigenvalue weighted by Gasteiger charge is -2.36. The Morgan fingerprint density at radius 1 is 0.889 bits per heavy atom. The van der Waals surface area contributed by atoms with Gasteiger partial charge in [-0.25, -0.2) is 0 Å². The number of rotatable bonds is 8. The number of para-hydroxylation sites is 1.